The Morgan fingerprint density at radius 1 is 1.27 bits per heavy atom. The fourth-order valence-electron chi connectivity index (χ4n) is 1.39. The van der Waals surface area contributed by atoms with Crippen molar-refractivity contribution in [2.75, 3.05) is 0 Å². The lowest BCUT2D eigenvalue weighted by atomic mass is 10.1. The highest BCUT2D eigenvalue weighted by Gasteiger charge is 2.03. The number of H-pyrrole nitrogens is 1. The quantitative estimate of drug-likeness (QED) is 0.861. The molecule has 0 spiro atoms. The molecule has 1 aromatic heterocycles. The zero-order valence-corrected chi connectivity index (χ0v) is 9.71. The van der Waals surface area contributed by atoms with Crippen molar-refractivity contribution in [3.8, 4) is 11.1 Å². The third-order valence-electron chi connectivity index (χ3n) is 2.15. The summed E-state index contributed by atoms with van der Waals surface area (Å²) in [6.07, 6.45) is 0. The molecule has 0 bridgehead atoms. The average molecular weight is 265 g/mol. The van der Waals surface area contributed by atoms with Gasteiger partial charge in [-0.15, -0.1) is 0 Å². The van der Waals surface area contributed by atoms with E-state index in [1.165, 1.54) is 0 Å². The fourth-order valence-corrected chi connectivity index (χ4v) is 1.65. The van der Waals surface area contributed by atoms with Crippen molar-refractivity contribution < 1.29 is 0 Å². The molecule has 0 aliphatic carbocycles. The highest BCUT2D eigenvalue weighted by molar-refractivity contribution is 9.10. The fraction of sp³-hybridized carbons (Fsp3) is 0.0909. The van der Waals surface area contributed by atoms with E-state index in [1.807, 2.05) is 31.2 Å². The Balaban J connectivity index is 2.58. The molecule has 1 aromatic carbocycles. The summed E-state index contributed by atoms with van der Waals surface area (Å²) in [5, 5.41) is 6.33. The molecule has 0 amide bonds. The molecule has 0 fully saturated rings. The molecule has 3 nitrogen and oxygen atoms in total. The first-order valence-electron chi connectivity index (χ1n) is 4.49. The van der Waals surface area contributed by atoms with Crippen LogP contribution >= 0.6 is 15.9 Å². The van der Waals surface area contributed by atoms with Gasteiger partial charge in [0.1, 0.15) is 0 Å². The van der Waals surface area contributed by atoms with E-state index in [0.717, 1.165) is 21.3 Å². The second-order valence-electron chi connectivity index (χ2n) is 3.24. The van der Waals surface area contributed by atoms with E-state index in [-0.39, 0.29) is 5.56 Å². The van der Waals surface area contributed by atoms with Crippen LogP contribution in [0.25, 0.3) is 11.1 Å². The molecule has 2 rings (SSSR count). The van der Waals surface area contributed by atoms with Crippen molar-refractivity contribution in [1.29, 1.82) is 0 Å². The van der Waals surface area contributed by atoms with E-state index in [2.05, 4.69) is 26.1 Å². The Kier molecular flexibility index (Phi) is 2.68. The number of hydrogen-bond acceptors (Lipinski definition) is 2. The molecule has 0 aliphatic rings. The van der Waals surface area contributed by atoms with Crippen molar-refractivity contribution in [3.63, 3.8) is 0 Å². The molecule has 76 valence electrons. The first-order valence-corrected chi connectivity index (χ1v) is 5.28. The Labute approximate surface area is 95.3 Å². The van der Waals surface area contributed by atoms with Crippen LogP contribution in [0.5, 0.6) is 0 Å². The standard InChI is InChI=1S/C11H9BrN2O/c1-7-10(6-11(15)14-13-7)8-2-4-9(12)5-3-8/h2-6H,1H3,(H,14,15). The summed E-state index contributed by atoms with van der Waals surface area (Å²) >= 11 is 3.37. The summed E-state index contributed by atoms with van der Waals surface area (Å²) < 4.78 is 1.02. The van der Waals surface area contributed by atoms with Crippen LogP contribution in [-0.4, -0.2) is 10.2 Å². The van der Waals surface area contributed by atoms with Gasteiger partial charge < -0.3 is 0 Å². The van der Waals surface area contributed by atoms with Crippen LogP contribution in [-0.2, 0) is 0 Å². The molecule has 0 saturated heterocycles. The van der Waals surface area contributed by atoms with Crippen molar-refractivity contribution in [3.05, 3.63) is 50.9 Å². The highest BCUT2D eigenvalue weighted by atomic mass is 79.9. The number of aromatic nitrogens is 2. The van der Waals surface area contributed by atoms with Gasteiger partial charge in [0.05, 0.1) is 5.69 Å². The minimum Gasteiger partial charge on any atom is -0.268 e. The summed E-state index contributed by atoms with van der Waals surface area (Å²) in [5.74, 6) is 0. The zero-order chi connectivity index (χ0) is 10.8. The lowest BCUT2D eigenvalue weighted by Crippen LogP contribution is -2.08. The van der Waals surface area contributed by atoms with Crippen molar-refractivity contribution in [2.24, 2.45) is 0 Å². The largest absolute Gasteiger partial charge is 0.268 e. The Bertz CT molecular complexity index is 531. The summed E-state index contributed by atoms with van der Waals surface area (Å²) in [7, 11) is 0. The second-order valence-corrected chi connectivity index (χ2v) is 4.15. The van der Waals surface area contributed by atoms with Gasteiger partial charge >= 0.3 is 0 Å². The van der Waals surface area contributed by atoms with Crippen LogP contribution < -0.4 is 5.56 Å². The van der Waals surface area contributed by atoms with Gasteiger partial charge in [-0.2, -0.15) is 5.10 Å². The van der Waals surface area contributed by atoms with Crippen LogP contribution in [0.4, 0.5) is 0 Å². The zero-order valence-electron chi connectivity index (χ0n) is 8.12. The Morgan fingerprint density at radius 3 is 2.60 bits per heavy atom. The highest BCUT2D eigenvalue weighted by Crippen LogP contribution is 2.21. The van der Waals surface area contributed by atoms with E-state index < -0.39 is 0 Å². The van der Waals surface area contributed by atoms with Crippen molar-refractivity contribution in [2.45, 2.75) is 6.92 Å². The predicted molar refractivity (Wildman–Crippen MR) is 62.7 cm³/mol. The Hall–Kier alpha value is -1.42. The smallest absolute Gasteiger partial charge is 0.264 e. The third kappa shape index (κ3) is 2.15. The van der Waals surface area contributed by atoms with Gasteiger partial charge in [0.15, 0.2) is 0 Å². The van der Waals surface area contributed by atoms with Gasteiger partial charge in [-0.1, -0.05) is 28.1 Å². The number of rotatable bonds is 1. The predicted octanol–water partition coefficient (Wildman–Crippen LogP) is 2.51. The van der Waals surface area contributed by atoms with Gasteiger partial charge in [-0.3, -0.25) is 4.79 Å². The molecule has 0 radical (unpaired) electrons. The van der Waals surface area contributed by atoms with Gasteiger partial charge in [-0.05, 0) is 24.6 Å². The van der Waals surface area contributed by atoms with Crippen LogP contribution in [0, 0.1) is 6.92 Å². The molecule has 0 saturated carbocycles. The van der Waals surface area contributed by atoms with Gasteiger partial charge in [-0.25, -0.2) is 5.10 Å². The van der Waals surface area contributed by atoms with Crippen molar-refractivity contribution in [1.82, 2.24) is 10.2 Å². The number of halogens is 1. The molecule has 15 heavy (non-hydrogen) atoms. The summed E-state index contributed by atoms with van der Waals surface area (Å²) in [6.45, 7) is 1.87. The normalized spacial score (nSPS) is 10.3. The summed E-state index contributed by atoms with van der Waals surface area (Å²) in [5.41, 5.74) is 2.50. The lowest BCUT2D eigenvalue weighted by Gasteiger charge is -2.03. The number of nitrogens with zero attached hydrogens (tertiary/aromatic N) is 1. The molecular formula is C11H9BrN2O. The molecular weight excluding hydrogens is 256 g/mol. The maximum absolute atomic E-state index is 11.2. The first-order chi connectivity index (χ1) is 7.16. The molecule has 4 heteroatoms. The SMILES string of the molecule is Cc1n[nH]c(=O)cc1-c1ccc(Br)cc1. The van der Waals surface area contributed by atoms with E-state index >= 15 is 0 Å². The molecule has 2 aromatic rings. The number of aromatic amines is 1. The van der Waals surface area contributed by atoms with Crippen LogP contribution in [0.2, 0.25) is 0 Å². The summed E-state index contributed by atoms with van der Waals surface area (Å²) in [4.78, 5) is 11.2. The lowest BCUT2D eigenvalue weighted by molar-refractivity contribution is 0.949. The Morgan fingerprint density at radius 2 is 1.93 bits per heavy atom. The minimum atomic E-state index is -0.182. The van der Waals surface area contributed by atoms with Gasteiger partial charge in [0.2, 0.25) is 0 Å². The monoisotopic (exact) mass is 264 g/mol. The maximum atomic E-state index is 11.2. The minimum absolute atomic E-state index is 0.182. The van der Waals surface area contributed by atoms with E-state index in [1.54, 1.807) is 6.07 Å². The topological polar surface area (TPSA) is 45.8 Å². The van der Waals surface area contributed by atoms with E-state index in [9.17, 15) is 4.79 Å². The van der Waals surface area contributed by atoms with Crippen LogP contribution in [0.15, 0.2) is 39.6 Å². The second kappa shape index (κ2) is 3.98. The molecule has 1 heterocycles. The van der Waals surface area contributed by atoms with Gasteiger partial charge in [0, 0.05) is 16.1 Å². The summed E-state index contributed by atoms with van der Waals surface area (Å²) in [6, 6.07) is 9.35. The van der Waals surface area contributed by atoms with E-state index in [0.29, 0.717) is 0 Å². The van der Waals surface area contributed by atoms with Crippen LogP contribution in [0.1, 0.15) is 5.69 Å². The van der Waals surface area contributed by atoms with Crippen molar-refractivity contribution >= 4 is 15.9 Å². The first kappa shape index (κ1) is 10.1. The molecule has 0 aliphatic heterocycles. The number of hydrogen-bond donors (Lipinski definition) is 1. The van der Waals surface area contributed by atoms with E-state index in [4.69, 9.17) is 0 Å². The van der Waals surface area contributed by atoms with Gasteiger partial charge in [0.25, 0.3) is 5.56 Å². The average Bonchev–Trinajstić information content (AvgIpc) is 2.23. The number of benzene rings is 1. The number of aryl methyl sites for hydroxylation is 1. The maximum Gasteiger partial charge on any atom is 0.264 e. The molecule has 0 unspecified atom stereocenters. The third-order valence-corrected chi connectivity index (χ3v) is 2.68. The molecule has 0 atom stereocenters. The van der Waals surface area contributed by atoms with Crippen LogP contribution in [0.3, 0.4) is 0 Å². The number of nitrogens with one attached hydrogen (secondary N) is 1. The molecule has 1 N–H and O–H groups in total.